The molecule has 140 valence electrons. The van der Waals surface area contributed by atoms with Crippen molar-refractivity contribution in [3.63, 3.8) is 0 Å². The molecule has 2 heterocycles. The number of aromatic nitrogens is 2. The number of aliphatic hydroxyl groups is 1. The van der Waals surface area contributed by atoms with Gasteiger partial charge in [-0.05, 0) is 42.2 Å². The van der Waals surface area contributed by atoms with E-state index in [1.807, 2.05) is 4.90 Å². The molecular formula is C17H19F3N4O2. The molecule has 6 nitrogen and oxygen atoms in total. The van der Waals surface area contributed by atoms with Crippen LogP contribution in [0.1, 0.15) is 17.5 Å². The molecule has 0 spiro atoms. The van der Waals surface area contributed by atoms with Gasteiger partial charge in [-0.15, -0.1) is 13.2 Å². The number of hydrogen-bond donors (Lipinski definition) is 2. The third-order valence-electron chi connectivity index (χ3n) is 4.01. The van der Waals surface area contributed by atoms with E-state index < -0.39 is 6.36 Å². The van der Waals surface area contributed by atoms with Crippen LogP contribution >= 0.6 is 0 Å². The second-order valence-electron chi connectivity index (χ2n) is 5.89. The van der Waals surface area contributed by atoms with Gasteiger partial charge in [0.1, 0.15) is 11.6 Å². The maximum atomic E-state index is 12.4. The van der Waals surface area contributed by atoms with Gasteiger partial charge in [0.05, 0.1) is 0 Å². The first-order valence-corrected chi connectivity index (χ1v) is 8.25. The van der Waals surface area contributed by atoms with Crippen LogP contribution in [0.15, 0.2) is 30.5 Å². The lowest BCUT2D eigenvalue weighted by Gasteiger charge is -2.30. The molecule has 0 aliphatic carbocycles. The van der Waals surface area contributed by atoms with Crippen molar-refractivity contribution < 1.29 is 23.0 Å². The average Bonchev–Trinajstić information content (AvgIpc) is 2.60. The third kappa shape index (κ3) is 4.75. The fraction of sp³-hybridized carbons (Fsp3) is 0.412. The summed E-state index contributed by atoms with van der Waals surface area (Å²) < 4.78 is 41.3. The van der Waals surface area contributed by atoms with E-state index in [4.69, 9.17) is 5.11 Å². The van der Waals surface area contributed by atoms with Crippen molar-refractivity contribution in [2.45, 2.75) is 25.7 Å². The summed E-state index contributed by atoms with van der Waals surface area (Å²) in [5.41, 5.74) is 1.79. The molecule has 0 amide bonds. The number of aliphatic hydroxyl groups excluding tert-OH is 1. The SMILES string of the molecule is OCCCNc1nccc(N2CCc3ccc(OC(F)(F)F)cc3C2)n1. The number of alkyl halides is 3. The fourth-order valence-electron chi connectivity index (χ4n) is 2.82. The number of halogens is 3. The van der Waals surface area contributed by atoms with Crippen molar-refractivity contribution >= 4 is 11.8 Å². The zero-order valence-corrected chi connectivity index (χ0v) is 14.0. The van der Waals surface area contributed by atoms with Crippen LogP contribution < -0.4 is 15.0 Å². The zero-order valence-electron chi connectivity index (χ0n) is 14.0. The molecule has 0 radical (unpaired) electrons. The molecule has 9 heteroatoms. The van der Waals surface area contributed by atoms with Crippen LogP contribution in [0.3, 0.4) is 0 Å². The largest absolute Gasteiger partial charge is 0.573 e. The molecule has 2 N–H and O–H groups in total. The van der Waals surface area contributed by atoms with Gasteiger partial charge in [0, 0.05) is 32.4 Å². The molecule has 0 saturated carbocycles. The number of rotatable bonds is 6. The van der Waals surface area contributed by atoms with Crippen molar-refractivity contribution in [3.8, 4) is 5.75 Å². The van der Waals surface area contributed by atoms with E-state index in [0.29, 0.717) is 44.2 Å². The fourth-order valence-corrected chi connectivity index (χ4v) is 2.82. The Bertz CT molecular complexity index is 755. The number of nitrogens with zero attached hydrogens (tertiary/aromatic N) is 3. The Morgan fingerprint density at radius 3 is 2.85 bits per heavy atom. The van der Waals surface area contributed by atoms with Crippen LogP contribution in [0.5, 0.6) is 5.75 Å². The van der Waals surface area contributed by atoms with E-state index in [1.165, 1.54) is 12.1 Å². The molecular weight excluding hydrogens is 349 g/mol. The summed E-state index contributed by atoms with van der Waals surface area (Å²) in [6, 6.07) is 6.21. The molecule has 2 aromatic rings. The van der Waals surface area contributed by atoms with Gasteiger partial charge >= 0.3 is 6.36 Å². The lowest BCUT2D eigenvalue weighted by Crippen LogP contribution is -2.31. The Hall–Kier alpha value is -2.55. The van der Waals surface area contributed by atoms with Crippen LogP contribution in [0.25, 0.3) is 0 Å². The lowest BCUT2D eigenvalue weighted by atomic mass is 9.99. The Balaban J connectivity index is 1.73. The van der Waals surface area contributed by atoms with Crippen molar-refractivity contribution in [2.24, 2.45) is 0 Å². The van der Waals surface area contributed by atoms with Crippen LogP contribution in [0.2, 0.25) is 0 Å². The van der Waals surface area contributed by atoms with Crippen molar-refractivity contribution in [2.75, 3.05) is 29.9 Å². The Labute approximate surface area is 148 Å². The minimum Gasteiger partial charge on any atom is -0.406 e. The summed E-state index contributed by atoms with van der Waals surface area (Å²) in [5, 5.41) is 11.8. The number of ether oxygens (including phenoxy) is 1. The highest BCUT2D eigenvalue weighted by atomic mass is 19.4. The van der Waals surface area contributed by atoms with Crippen LogP contribution in [0.4, 0.5) is 24.9 Å². The number of hydrogen-bond acceptors (Lipinski definition) is 6. The Morgan fingerprint density at radius 2 is 2.08 bits per heavy atom. The zero-order chi connectivity index (χ0) is 18.6. The summed E-state index contributed by atoms with van der Waals surface area (Å²) in [6.07, 6.45) is -1.78. The first-order chi connectivity index (χ1) is 12.4. The van der Waals surface area contributed by atoms with Gasteiger partial charge in [0.2, 0.25) is 5.95 Å². The van der Waals surface area contributed by atoms with Crippen LogP contribution in [-0.2, 0) is 13.0 Å². The monoisotopic (exact) mass is 368 g/mol. The lowest BCUT2D eigenvalue weighted by molar-refractivity contribution is -0.274. The normalized spacial score (nSPS) is 14.1. The molecule has 26 heavy (non-hydrogen) atoms. The molecule has 3 rings (SSSR count). The highest BCUT2D eigenvalue weighted by Crippen LogP contribution is 2.29. The Morgan fingerprint density at radius 1 is 1.23 bits per heavy atom. The predicted octanol–water partition coefficient (Wildman–Crippen LogP) is 2.73. The number of anilines is 2. The van der Waals surface area contributed by atoms with Crippen molar-refractivity contribution in [1.82, 2.24) is 9.97 Å². The van der Waals surface area contributed by atoms with E-state index in [0.717, 1.165) is 11.1 Å². The van der Waals surface area contributed by atoms with Crippen LogP contribution in [-0.4, -0.2) is 41.1 Å². The van der Waals surface area contributed by atoms with E-state index in [-0.39, 0.29) is 12.4 Å². The second kappa shape index (κ2) is 7.77. The van der Waals surface area contributed by atoms with E-state index in [2.05, 4.69) is 20.0 Å². The average molecular weight is 368 g/mol. The van der Waals surface area contributed by atoms with Gasteiger partial charge in [-0.3, -0.25) is 0 Å². The van der Waals surface area contributed by atoms with Gasteiger partial charge in [-0.25, -0.2) is 4.98 Å². The standard InChI is InChI=1S/C17H19F3N4O2/c18-17(19,20)26-14-3-2-12-5-8-24(11-13(12)10-14)15-4-7-22-16(23-15)21-6-1-9-25/h2-4,7,10,25H,1,5-6,8-9,11H2,(H,21,22,23). The summed E-state index contributed by atoms with van der Waals surface area (Å²) >= 11 is 0. The van der Waals surface area contributed by atoms with Crippen LogP contribution in [0, 0.1) is 0 Å². The van der Waals surface area contributed by atoms with Gasteiger partial charge in [-0.2, -0.15) is 4.98 Å². The predicted molar refractivity (Wildman–Crippen MR) is 90.1 cm³/mol. The summed E-state index contributed by atoms with van der Waals surface area (Å²) in [7, 11) is 0. The topological polar surface area (TPSA) is 70.5 Å². The minimum absolute atomic E-state index is 0.0813. The van der Waals surface area contributed by atoms with Crippen molar-refractivity contribution in [1.29, 1.82) is 0 Å². The molecule has 0 unspecified atom stereocenters. The highest BCUT2D eigenvalue weighted by molar-refractivity contribution is 5.48. The summed E-state index contributed by atoms with van der Waals surface area (Å²) in [5.74, 6) is 0.933. The highest BCUT2D eigenvalue weighted by Gasteiger charge is 2.31. The molecule has 0 saturated heterocycles. The maximum Gasteiger partial charge on any atom is 0.573 e. The smallest absolute Gasteiger partial charge is 0.406 e. The van der Waals surface area contributed by atoms with E-state index in [9.17, 15) is 13.2 Å². The molecule has 1 aromatic heterocycles. The minimum atomic E-state index is -4.70. The van der Waals surface area contributed by atoms with E-state index >= 15 is 0 Å². The number of nitrogens with one attached hydrogen (secondary N) is 1. The van der Waals surface area contributed by atoms with Gasteiger partial charge in [-0.1, -0.05) is 6.07 Å². The first-order valence-electron chi connectivity index (χ1n) is 8.25. The third-order valence-corrected chi connectivity index (χ3v) is 4.01. The molecule has 0 fully saturated rings. The van der Waals surface area contributed by atoms with Gasteiger partial charge < -0.3 is 20.1 Å². The molecule has 1 aromatic carbocycles. The van der Waals surface area contributed by atoms with Gasteiger partial charge in [0.15, 0.2) is 0 Å². The molecule has 1 aliphatic rings. The number of benzene rings is 1. The van der Waals surface area contributed by atoms with Crippen molar-refractivity contribution in [3.05, 3.63) is 41.6 Å². The van der Waals surface area contributed by atoms with E-state index in [1.54, 1.807) is 18.3 Å². The summed E-state index contributed by atoms with van der Waals surface area (Å²) in [4.78, 5) is 10.5. The van der Waals surface area contributed by atoms with Gasteiger partial charge in [0.25, 0.3) is 0 Å². The summed E-state index contributed by atoms with van der Waals surface area (Å²) in [6.45, 7) is 1.79. The second-order valence-corrected chi connectivity index (χ2v) is 5.89. The molecule has 0 bridgehead atoms. The molecule has 1 aliphatic heterocycles. The Kier molecular flexibility index (Phi) is 5.46. The number of fused-ring (bicyclic) bond motifs is 1. The maximum absolute atomic E-state index is 12.4. The molecule has 0 atom stereocenters. The first kappa shape index (κ1) is 18.2. The quantitative estimate of drug-likeness (QED) is 0.764.